The molecule has 4 N–H and O–H groups in total. The van der Waals surface area contributed by atoms with Crippen LogP contribution < -0.4 is 11.1 Å². The van der Waals surface area contributed by atoms with Gasteiger partial charge in [0, 0.05) is 30.6 Å². The summed E-state index contributed by atoms with van der Waals surface area (Å²) in [7, 11) is -3.78. The highest BCUT2D eigenvalue weighted by Gasteiger charge is 2.47. The van der Waals surface area contributed by atoms with Gasteiger partial charge in [-0.3, -0.25) is 15.0 Å². The highest BCUT2D eigenvalue weighted by molar-refractivity contribution is 7.89. The van der Waals surface area contributed by atoms with Gasteiger partial charge in [0.2, 0.25) is 21.8 Å². The number of nitrogens with one attached hydrogen (secondary N) is 2. The van der Waals surface area contributed by atoms with Crippen molar-refractivity contribution in [1.29, 1.82) is 5.41 Å². The lowest BCUT2D eigenvalue weighted by Crippen LogP contribution is -2.60. The Bertz CT molecular complexity index is 1440. The monoisotopic (exact) mass is 559 g/mol. The molecule has 2 saturated heterocycles. The van der Waals surface area contributed by atoms with Gasteiger partial charge >= 0.3 is 0 Å². The molecule has 0 aliphatic carbocycles. The van der Waals surface area contributed by atoms with Crippen molar-refractivity contribution in [2.75, 3.05) is 18.8 Å². The van der Waals surface area contributed by atoms with Crippen LogP contribution in [0.1, 0.15) is 41.0 Å². The van der Waals surface area contributed by atoms with Gasteiger partial charge in [0.05, 0.1) is 12.3 Å². The normalized spacial score (nSPS) is 19.4. The van der Waals surface area contributed by atoms with E-state index in [9.17, 15) is 18.0 Å². The maximum atomic E-state index is 13.7. The standard InChI is InChI=1S/C30H33N5O4S/c31-29(32)24-13-11-21(12-14-24)17-33-30(37)27-16-15-25-18-34(19-28(36)35(25)27)40(38,39)20-26(22-7-3-1-4-8-22)23-9-5-2-6-10-23/h1-14,25-27H,15-20H2,(H3,31,32)(H,33,37)/t25-,27-/m0/s1. The molecule has 2 amide bonds. The quantitative estimate of drug-likeness (QED) is 0.273. The number of carbonyl (C=O) groups is 2. The van der Waals surface area contributed by atoms with Crippen LogP contribution in [0.2, 0.25) is 0 Å². The first kappa shape index (κ1) is 27.5. The lowest BCUT2D eigenvalue weighted by atomic mass is 9.93. The summed E-state index contributed by atoms with van der Waals surface area (Å²) in [6.07, 6.45) is 1.04. The van der Waals surface area contributed by atoms with E-state index in [-0.39, 0.29) is 55.0 Å². The van der Waals surface area contributed by atoms with E-state index in [0.717, 1.165) is 16.7 Å². The molecule has 2 aliphatic heterocycles. The molecule has 9 nitrogen and oxygen atoms in total. The first-order chi connectivity index (χ1) is 19.2. The second kappa shape index (κ2) is 11.6. The Labute approximate surface area is 234 Å². The fourth-order valence-electron chi connectivity index (χ4n) is 5.62. The number of carbonyl (C=O) groups excluding carboxylic acids is 2. The van der Waals surface area contributed by atoms with Crippen molar-refractivity contribution in [3.8, 4) is 0 Å². The van der Waals surface area contributed by atoms with Crippen LogP contribution in [0.4, 0.5) is 0 Å². The molecule has 2 aliphatic rings. The summed E-state index contributed by atoms with van der Waals surface area (Å²) in [5, 5.41) is 10.4. The predicted molar refractivity (Wildman–Crippen MR) is 153 cm³/mol. The molecule has 40 heavy (non-hydrogen) atoms. The van der Waals surface area contributed by atoms with E-state index in [1.807, 2.05) is 60.7 Å². The third kappa shape index (κ3) is 5.93. The number of nitrogen functional groups attached to an aromatic ring is 1. The Morgan fingerprint density at radius 3 is 2.12 bits per heavy atom. The van der Waals surface area contributed by atoms with E-state index in [1.54, 1.807) is 29.2 Å². The van der Waals surface area contributed by atoms with Crippen LogP contribution in [0.5, 0.6) is 0 Å². The summed E-state index contributed by atoms with van der Waals surface area (Å²) in [6.45, 7) is 0.188. The van der Waals surface area contributed by atoms with E-state index >= 15 is 0 Å². The van der Waals surface area contributed by atoms with Crippen molar-refractivity contribution in [2.24, 2.45) is 5.73 Å². The molecule has 10 heteroatoms. The largest absolute Gasteiger partial charge is 0.384 e. The molecular weight excluding hydrogens is 526 g/mol. The Balaban J connectivity index is 1.25. The van der Waals surface area contributed by atoms with E-state index < -0.39 is 16.1 Å². The van der Waals surface area contributed by atoms with Gasteiger partial charge in [-0.15, -0.1) is 0 Å². The van der Waals surface area contributed by atoms with Gasteiger partial charge in [0.25, 0.3) is 0 Å². The molecule has 0 aromatic heterocycles. The Hall–Kier alpha value is -4.02. The van der Waals surface area contributed by atoms with Gasteiger partial charge in [0.1, 0.15) is 11.9 Å². The average molecular weight is 560 g/mol. The van der Waals surface area contributed by atoms with Gasteiger partial charge in [-0.1, -0.05) is 84.9 Å². The van der Waals surface area contributed by atoms with Crippen molar-refractivity contribution >= 4 is 27.7 Å². The second-order valence-corrected chi connectivity index (χ2v) is 12.3. The molecule has 0 spiro atoms. The van der Waals surface area contributed by atoms with Crippen LogP contribution in [0.25, 0.3) is 0 Å². The Morgan fingerprint density at radius 2 is 1.55 bits per heavy atom. The lowest BCUT2D eigenvalue weighted by Gasteiger charge is -2.39. The first-order valence-electron chi connectivity index (χ1n) is 13.3. The van der Waals surface area contributed by atoms with Gasteiger partial charge in [-0.25, -0.2) is 8.42 Å². The van der Waals surface area contributed by atoms with Crippen LogP contribution in [0.3, 0.4) is 0 Å². The van der Waals surface area contributed by atoms with Crippen LogP contribution in [0.15, 0.2) is 84.9 Å². The molecule has 2 atom stereocenters. The summed E-state index contributed by atoms with van der Waals surface area (Å²) in [5.41, 5.74) is 8.74. The number of hydrogen-bond acceptors (Lipinski definition) is 5. The summed E-state index contributed by atoms with van der Waals surface area (Å²) in [4.78, 5) is 27.9. The number of hydrogen-bond donors (Lipinski definition) is 3. The fourth-order valence-corrected chi connectivity index (χ4v) is 7.35. The smallest absolute Gasteiger partial charge is 0.243 e. The predicted octanol–water partition coefficient (Wildman–Crippen LogP) is 2.42. The number of sulfonamides is 1. The zero-order valence-electron chi connectivity index (χ0n) is 22.1. The number of fused-ring (bicyclic) bond motifs is 1. The van der Waals surface area contributed by atoms with Crippen LogP contribution >= 0.6 is 0 Å². The molecule has 0 radical (unpaired) electrons. The molecule has 2 fully saturated rings. The van der Waals surface area contributed by atoms with Crippen molar-refractivity contribution in [3.05, 3.63) is 107 Å². The number of piperazine rings is 1. The van der Waals surface area contributed by atoms with Crippen LogP contribution in [-0.4, -0.2) is 66.2 Å². The van der Waals surface area contributed by atoms with Gasteiger partial charge < -0.3 is 16.0 Å². The number of nitrogens with zero attached hydrogens (tertiary/aromatic N) is 2. The summed E-state index contributed by atoms with van der Waals surface area (Å²) in [5.74, 6) is -1.14. The maximum Gasteiger partial charge on any atom is 0.243 e. The van der Waals surface area contributed by atoms with Crippen molar-refractivity contribution < 1.29 is 18.0 Å². The highest BCUT2D eigenvalue weighted by Crippen LogP contribution is 2.32. The van der Waals surface area contributed by atoms with E-state index in [0.29, 0.717) is 18.4 Å². The number of benzene rings is 3. The highest BCUT2D eigenvalue weighted by atomic mass is 32.2. The zero-order valence-corrected chi connectivity index (χ0v) is 22.9. The maximum absolute atomic E-state index is 13.7. The molecular formula is C30H33N5O4S. The number of nitrogens with two attached hydrogens (primary N) is 1. The SMILES string of the molecule is N=C(N)c1ccc(CNC(=O)[C@@H]2CC[C@H]3CN(S(=O)(=O)CC(c4ccccc4)c4ccccc4)CC(=O)N32)cc1. The Morgan fingerprint density at radius 1 is 0.950 bits per heavy atom. The van der Waals surface area contributed by atoms with Crippen LogP contribution in [0, 0.1) is 5.41 Å². The summed E-state index contributed by atoms with van der Waals surface area (Å²) < 4.78 is 28.6. The average Bonchev–Trinajstić information content (AvgIpc) is 3.41. The number of rotatable bonds is 9. The number of amides is 2. The molecule has 3 aromatic carbocycles. The van der Waals surface area contributed by atoms with Gasteiger partial charge in [-0.05, 0) is 29.5 Å². The van der Waals surface area contributed by atoms with Gasteiger partial charge in [0.15, 0.2) is 0 Å². The van der Waals surface area contributed by atoms with Gasteiger partial charge in [-0.2, -0.15) is 4.31 Å². The van der Waals surface area contributed by atoms with Crippen molar-refractivity contribution in [1.82, 2.24) is 14.5 Å². The molecule has 5 rings (SSSR count). The van der Waals surface area contributed by atoms with E-state index in [1.165, 1.54) is 4.31 Å². The molecule has 2 heterocycles. The first-order valence-corrected chi connectivity index (χ1v) is 14.9. The molecule has 3 aromatic rings. The van der Waals surface area contributed by atoms with Crippen molar-refractivity contribution in [3.63, 3.8) is 0 Å². The number of amidine groups is 1. The van der Waals surface area contributed by atoms with E-state index in [4.69, 9.17) is 11.1 Å². The summed E-state index contributed by atoms with van der Waals surface area (Å²) in [6, 6.07) is 25.1. The lowest BCUT2D eigenvalue weighted by molar-refractivity contribution is -0.143. The van der Waals surface area contributed by atoms with Crippen molar-refractivity contribution in [2.45, 2.75) is 37.4 Å². The fraction of sp³-hybridized carbons (Fsp3) is 0.300. The third-order valence-corrected chi connectivity index (χ3v) is 9.54. The minimum absolute atomic E-state index is 0.0251. The molecule has 0 unspecified atom stereocenters. The Kier molecular flexibility index (Phi) is 7.99. The second-order valence-electron chi connectivity index (χ2n) is 10.3. The van der Waals surface area contributed by atoms with Crippen LogP contribution in [-0.2, 0) is 26.2 Å². The third-order valence-electron chi connectivity index (χ3n) is 7.73. The summed E-state index contributed by atoms with van der Waals surface area (Å²) >= 11 is 0. The molecule has 208 valence electrons. The minimum atomic E-state index is -3.78. The minimum Gasteiger partial charge on any atom is -0.384 e. The topological polar surface area (TPSA) is 137 Å². The van der Waals surface area contributed by atoms with E-state index in [2.05, 4.69) is 5.32 Å². The zero-order chi connectivity index (χ0) is 28.3. The molecule has 0 saturated carbocycles. The molecule has 0 bridgehead atoms.